The highest BCUT2D eigenvalue weighted by Crippen LogP contribution is 2.46. The molecule has 1 N–H and O–H groups in total. The number of quaternary nitrogens is 1. The number of hydrogen-bond acceptors (Lipinski definition) is 4. The highest BCUT2D eigenvalue weighted by Gasteiger charge is 2.25. The van der Waals surface area contributed by atoms with Crippen molar-refractivity contribution in [2.75, 3.05) is 45.9 Å². The standard InChI is InChI=1S/C22H25ClN2O2S/c23-17-7-8-22-20(16-17)18(19-4-1-2-6-21(19)28-22)5-3-12-25(27)13-9-24(10-14-25)11-15-26/h1-2,4-8,16,26H,3,9-15H2/b18-5-. The molecule has 1 saturated heterocycles. The van der Waals surface area contributed by atoms with Gasteiger partial charge in [0.2, 0.25) is 0 Å². The van der Waals surface area contributed by atoms with E-state index in [4.69, 9.17) is 16.7 Å². The average Bonchev–Trinajstić information content (AvgIpc) is 2.70. The van der Waals surface area contributed by atoms with Crippen molar-refractivity contribution < 1.29 is 9.75 Å². The molecule has 0 saturated carbocycles. The zero-order chi connectivity index (χ0) is 19.6. The number of halogens is 1. The Bertz CT molecular complexity index is 879. The van der Waals surface area contributed by atoms with E-state index >= 15 is 0 Å². The van der Waals surface area contributed by atoms with Crippen molar-refractivity contribution in [1.82, 2.24) is 4.90 Å². The fraction of sp³-hybridized carbons (Fsp3) is 0.364. The quantitative estimate of drug-likeness (QED) is 0.499. The molecule has 4 rings (SSSR count). The first-order valence-electron chi connectivity index (χ1n) is 9.76. The minimum atomic E-state index is -0.148. The average molecular weight is 417 g/mol. The van der Waals surface area contributed by atoms with Crippen LogP contribution in [0.5, 0.6) is 0 Å². The van der Waals surface area contributed by atoms with Crippen LogP contribution in [0.25, 0.3) is 5.57 Å². The van der Waals surface area contributed by atoms with E-state index in [-0.39, 0.29) is 11.3 Å². The van der Waals surface area contributed by atoms with Crippen LogP contribution in [-0.2, 0) is 0 Å². The highest BCUT2D eigenvalue weighted by molar-refractivity contribution is 7.99. The molecule has 2 aromatic rings. The minimum absolute atomic E-state index is 0.148. The van der Waals surface area contributed by atoms with E-state index in [1.807, 2.05) is 12.1 Å². The first-order chi connectivity index (χ1) is 13.6. The SMILES string of the molecule is [O-][N+]1(CC/C=C2/c3ccccc3Sc3ccc(Cl)cc32)CCN(CCO)CC1. The van der Waals surface area contributed by atoms with Gasteiger partial charge in [-0.25, -0.2) is 0 Å². The van der Waals surface area contributed by atoms with E-state index in [1.165, 1.54) is 20.9 Å². The lowest BCUT2D eigenvalue weighted by Gasteiger charge is -2.48. The Morgan fingerprint density at radius 1 is 1.11 bits per heavy atom. The number of nitrogens with zero attached hydrogens (tertiary/aromatic N) is 2. The van der Waals surface area contributed by atoms with Crippen LogP contribution >= 0.6 is 23.4 Å². The summed E-state index contributed by atoms with van der Waals surface area (Å²) < 4.78 is -0.148. The van der Waals surface area contributed by atoms with Gasteiger partial charge in [-0.1, -0.05) is 47.6 Å². The molecule has 1 fully saturated rings. The second kappa shape index (κ2) is 8.57. The number of hydroxylamine groups is 3. The predicted octanol–water partition coefficient (Wildman–Crippen LogP) is 4.25. The van der Waals surface area contributed by atoms with Crippen molar-refractivity contribution in [3.63, 3.8) is 0 Å². The number of hydrogen-bond donors (Lipinski definition) is 1. The molecule has 4 nitrogen and oxygen atoms in total. The zero-order valence-corrected chi connectivity index (χ0v) is 17.4. The van der Waals surface area contributed by atoms with Gasteiger partial charge in [0.15, 0.2) is 0 Å². The Hall–Kier alpha value is -1.34. The van der Waals surface area contributed by atoms with Gasteiger partial charge in [-0.05, 0) is 41.0 Å². The second-order valence-electron chi connectivity index (χ2n) is 7.44. The van der Waals surface area contributed by atoms with Gasteiger partial charge in [0.1, 0.15) is 0 Å². The van der Waals surface area contributed by atoms with E-state index in [2.05, 4.69) is 41.3 Å². The van der Waals surface area contributed by atoms with Crippen molar-refractivity contribution in [2.45, 2.75) is 16.2 Å². The largest absolute Gasteiger partial charge is 0.633 e. The van der Waals surface area contributed by atoms with E-state index < -0.39 is 0 Å². The van der Waals surface area contributed by atoms with E-state index in [9.17, 15) is 5.21 Å². The monoisotopic (exact) mass is 416 g/mol. The molecular weight excluding hydrogens is 392 g/mol. The molecule has 0 bridgehead atoms. The first-order valence-corrected chi connectivity index (χ1v) is 11.0. The molecule has 2 heterocycles. The van der Waals surface area contributed by atoms with Gasteiger partial charge < -0.3 is 15.0 Å². The van der Waals surface area contributed by atoms with Gasteiger partial charge >= 0.3 is 0 Å². The Labute approximate surface area is 175 Å². The van der Waals surface area contributed by atoms with Crippen LogP contribution in [0.4, 0.5) is 0 Å². The van der Waals surface area contributed by atoms with E-state index in [0.29, 0.717) is 26.2 Å². The van der Waals surface area contributed by atoms with Crippen LogP contribution in [0, 0.1) is 5.21 Å². The van der Waals surface area contributed by atoms with E-state index in [1.54, 1.807) is 11.8 Å². The van der Waals surface area contributed by atoms with E-state index in [0.717, 1.165) is 30.1 Å². The maximum absolute atomic E-state index is 13.1. The zero-order valence-electron chi connectivity index (χ0n) is 15.8. The second-order valence-corrected chi connectivity index (χ2v) is 8.96. The van der Waals surface area contributed by atoms with Crippen LogP contribution in [0.1, 0.15) is 17.5 Å². The number of piperazine rings is 1. The van der Waals surface area contributed by atoms with Crippen LogP contribution in [0.2, 0.25) is 5.02 Å². The molecule has 2 aliphatic rings. The highest BCUT2D eigenvalue weighted by atomic mass is 35.5. The maximum atomic E-state index is 13.1. The molecule has 28 heavy (non-hydrogen) atoms. The Morgan fingerprint density at radius 3 is 2.64 bits per heavy atom. The number of fused-ring (bicyclic) bond motifs is 2. The van der Waals surface area contributed by atoms with Crippen LogP contribution < -0.4 is 0 Å². The Balaban J connectivity index is 1.53. The van der Waals surface area contributed by atoms with Crippen molar-refractivity contribution in [3.05, 3.63) is 69.9 Å². The van der Waals surface area contributed by atoms with Gasteiger partial charge in [0.25, 0.3) is 0 Å². The molecule has 0 unspecified atom stereocenters. The van der Waals surface area contributed by atoms with Gasteiger partial charge in [0, 0.05) is 40.9 Å². The summed E-state index contributed by atoms with van der Waals surface area (Å²) in [4.78, 5) is 4.62. The Kier molecular flexibility index (Phi) is 6.11. The summed E-state index contributed by atoms with van der Waals surface area (Å²) in [7, 11) is 0. The van der Waals surface area contributed by atoms with Crippen LogP contribution in [-0.4, -0.2) is 60.5 Å². The summed E-state index contributed by atoms with van der Waals surface area (Å²) in [5, 5.41) is 22.9. The lowest BCUT2D eigenvalue weighted by molar-refractivity contribution is -0.884. The first kappa shape index (κ1) is 20.0. The minimum Gasteiger partial charge on any atom is -0.633 e. The van der Waals surface area contributed by atoms with Crippen LogP contribution in [0.15, 0.2) is 58.3 Å². The number of aliphatic hydroxyl groups is 1. The fourth-order valence-electron chi connectivity index (χ4n) is 3.97. The molecule has 2 aliphatic heterocycles. The van der Waals surface area contributed by atoms with Gasteiger partial charge in [-0.3, -0.25) is 4.90 Å². The number of aliphatic hydroxyl groups excluding tert-OH is 1. The molecule has 0 spiro atoms. The number of rotatable bonds is 5. The maximum Gasteiger partial charge on any atom is 0.0913 e. The number of benzene rings is 2. The summed E-state index contributed by atoms with van der Waals surface area (Å²) in [6.07, 6.45) is 2.95. The van der Waals surface area contributed by atoms with Crippen molar-refractivity contribution in [3.8, 4) is 0 Å². The van der Waals surface area contributed by atoms with Gasteiger partial charge in [0.05, 0.1) is 26.2 Å². The predicted molar refractivity (Wildman–Crippen MR) is 115 cm³/mol. The summed E-state index contributed by atoms with van der Waals surface area (Å²) >= 11 is 8.04. The molecule has 0 atom stereocenters. The molecule has 6 heteroatoms. The van der Waals surface area contributed by atoms with Gasteiger partial charge in [-0.2, -0.15) is 0 Å². The summed E-state index contributed by atoms with van der Waals surface area (Å²) in [6.45, 7) is 4.12. The molecule has 0 radical (unpaired) electrons. The number of β-amino-alcohol motifs (C(OH)–C–C–N with tert-alkyl or cyclic N) is 1. The smallest absolute Gasteiger partial charge is 0.0913 e. The summed E-state index contributed by atoms with van der Waals surface area (Å²) in [6, 6.07) is 14.5. The van der Waals surface area contributed by atoms with Gasteiger partial charge in [-0.15, -0.1) is 0 Å². The van der Waals surface area contributed by atoms with Crippen molar-refractivity contribution in [1.29, 1.82) is 0 Å². The topological polar surface area (TPSA) is 46.5 Å². The summed E-state index contributed by atoms with van der Waals surface area (Å²) in [5.74, 6) is 0. The fourth-order valence-corrected chi connectivity index (χ4v) is 5.23. The lowest BCUT2D eigenvalue weighted by Crippen LogP contribution is -2.56. The van der Waals surface area contributed by atoms with Crippen molar-refractivity contribution >= 4 is 28.9 Å². The molecule has 0 aromatic heterocycles. The molecule has 0 aliphatic carbocycles. The molecule has 0 amide bonds. The molecule has 148 valence electrons. The van der Waals surface area contributed by atoms with Crippen molar-refractivity contribution in [2.24, 2.45) is 0 Å². The lowest BCUT2D eigenvalue weighted by atomic mass is 9.96. The third-order valence-electron chi connectivity index (χ3n) is 5.58. The Morgan fingerprint density at radius 2 is 1.86 bits per heavy atom. The summed E-state index contributed by atoms with van der Waals surface area (Å²) in [5.41, 5.74) is 3.55. The third-order valence-corrected chi connectivity index (χ3v) is 6.96. The molecular formula is C22H25ClN2O2S. The molecule has 2 aromatic carbocycles. The third kappa shape index (κ3) is 4.30. The van der Waals surface area contributed by atoms with Crippen LogP contribution in [0.3, 0.4) is 0 Å². The normalized spacial score (nSPS) is 20.0.